The fraction of sp³-hybridized carbons (Fsp3) is 0.368. The van der Waals surface area contributed by atoms with Gasteiger partial charge in [0.2, 0.25) is 0 Å². The van der Waals surface area contributed by atoms with E-state index in [1.54, 1.807) is 19.4 Å². The zero-order chi connectivity index (χ0) is 16.9. The molecule has 1 amide bonds. The average molecular weight is 325 g/mol. The number of aromatic nitrogens is 1. The predicted molar refractivity (Wildman–Crippen MR) is 93.3 cm³/mol. The van der Waals surface area contributed by atoms with Crippen molar-refractivity contribution in [3.8, 4) is 5.75 Å². The second-order valence-electron chi connectivity index (χ2n) is 6.31. The van der Waals surface area contributed by atoms with Crippen LogP contribution in [0.25, 0.3) is 0 Å². The van der Waals surface area contributed by atoms with Crippen LogP contribution in [-0.4, -0.2) is 49.1 Å². The van der Waals surface area contributed by atoms with Crippen molar-refractivity contribution >= 4 is 5.91 Å². The summed E-state index contributed by atoms with van der Waals surface area (Å²) in [5, 5.41) is 3.12. The van der Waals surface area contributed by atoms with E-state index in [-0.39, 0.29) is 11.9 Å². The number of pyridine rings is 1. The van der Waals surface area contributed by atoms with Gasteiger partial charge in [0.1, 0.15) is 11.4 Å². The van der Waals surface area contributed by atoms with Gasteiger partial charge in [0.15, 0.2) is 0 Å². The van der Waals surface area contributed by atoms with E-state index in [1.165, 1.54) is 5.56 Å². The summed E-state index contributed by atoms with van der Waals surface area (Å²) in [6.07, 6.45) is 2.57. The van der Waals surface area contributed by atoms with E-state index in [0.29, 0.717) is 11.6 Å². The summed E-state index contributed by atoms with van der Waals surface area (Å²) in [4.78, 5) is 18.7. The molecule has 0 spiro atoms. The van der Waals surface area contributed by atoms with Crippen LogP contribution < -0.4 is 10.1 Å². The van der Waals surface area contributed by atoms with Crippen LogP contribution in [-0.2, 0) is 0 Å². The van der Waals surface area contributed by atoms with Crippen molar-refractivity contribution in [2.75, 3.05) is 27.2 Å². The molecule has 2 heterocycles. The van der Waals surface area contributed by atoms with E-state index < -0.39 is 0 Å². The smallest absolute Gasteiger partial charge is 0.270 e. The van der Waals surface area contributed by atoms with Crippen molar-refractivity contribution in [3.63, 3.8) is 0 Å². The fourth-order valence-electron chi connectivity index (χ4n) is 3.30. The Balaban J connectivity index is 1.67. The van der Waals surface area contributed by atoms with Gasteiger partial charge in [-0.15, -0.1) is 0 Å². The fourth-order valence-corrected chi connectivity index (χ4v) is 3.30. The lowest BCUT2D eigenvalue weighted by molar-refractivity contribution is 0.0900. The second kappa shape index (κ2) is 7.45. The number of nitrogens with zero attached hydrogens (tertiary/aromatic N) is 2. The normalized spacial score (nSPS) is 21.2. The lowest BCUT2D eigenvalue weighted by Gasteiger charge is -2.36. The molecule has 0 bridgehead atoms. The molecule has 3 rings (SSSR count). The molecule has 1 N–H and O–H groups in total. The van der Waals surface area contributed by atoms with Crippen LogP contribution in [0.4, 0.5) is 0 Å². The molecule has 1 fully saturated rings. The maximum atomic E-state index is 12.3. The lowest BCUT2D eigenvalue weighted by Crippen LogP contribution is -2.48. The van der Waals surface area contributed by atoms with Crippen LogP contribution in [0.1, 0.15) is 28.4 Å². The minimum Gasteiger partial charge on any atom is -0.497 e. The number of amides is 1. The highest BCUT2D eigenvalue weighted by Crippen LogP contribution is 2.28. The molecule has 2 atom stereocenters. The Bertz CT molecular complexity index is 673. The first-order valence-corrected chi connectivity index (χ1v) is 8.20. The van der Waals surface area contributed by atoms with Gasteiger partial charge in [0.25, 0.3) is 5.91 Å². The summed E-state index contributed by atoms with van der Waals surface area (Å²) in [7, 11) is 3.77. The SMILES string of the molecule is COc1ccc(C2CC(NC(=O)c3ccccn3)CN(C)C2)cc1. The highest BCUT2D eigenvalue weighted by Gasteiger charge is 2.27. The summed E-state index contributed by atoms with van der Waals surface area (Å²) < 4.78 is 5.23. The third-order valence-corrected chi connectivity index (χ3v) is 4.45. The molecule has 1 aliphatic rings. The molecule has 1 aliphatic heterocycles. The molecule has 2 aromatic rings. The predicted octanol–water partition coefficient (Wildman–Crippen LogP) is 2.31. The first kappa shape index (κ1) is 16.5. The number of benzene rings is 1. The summed E-state index contributed by atoms with van der Waals surface area (Å²) in [6, 6.07) is 13.7. The lowest BCUT2D eigenvalue weighted by atomic mass is 9.88. The quantitative estimate of drug-likeness (QED) is 0.937. The molecule has 126 valence electrons. The second-order valence-corrected chi connectivity index (χ2v) is 6.31. The number of rotatable bonds is 4. The first-order chi connectivity index (χ1) is 11.7. The minimum absolute atomic E-state index is 0.107. The van der Waals surface area contributed by atoms with Crippen molar-refractivity contribution in [3.05, 3.63) is 59.9 Å². The van der Waals surface area contributed by atoms with Crippen LogP contribution in [0.2, 0.25) is 0 Å². The topological polar surface area (TPSA) is 54.5 Å². The zero-order valence-electron chi connectivity index (χ0n) is 14.1. The van der Waals surface area contributed by atoms with Crippen LogP contribution in [0.15, 0.2) is 48.7 Å². The summed E-state index contributed by atoms with van der Waals surface area (Å²) in [6.45, 7) is 1.84. The Labute approximate surface area is 142 Å². The van der Waals surface area contributed by atoms with Crippen LogP contribution in [0, 0.1) is 0 Å². The van der Waals surface area contributed by atoms with Crippen molar-refractivity contribution in [2.45, 2.75) is 18.4 Å². The molecule has 1 aromatic carbocycles. The molecule has 0 saturated carbocycles. The monoisotopic (exact) mass is 325 g/mol. The maximum absolute atomic E-state index is 12.3. The van der Waals surface area contributed by atoms with Crippen molar-refractivity contribution in [1.29, 1.82) is 0 Å². The van der Waals surface area contributed by atoms with Crippen molar-refractivity contribution < 1.29 is 9.53 Å². The van der Waals surface area contributed by atoms with Crippen molar-refractivity contribution in [1.82, 2.24) is 15.2 Å². The first-order valence-electron chi connectivity index (χ1n) is 8.20. The highest BCUT2D eigenvalue weighted by molar-refractivity contribution is 5.92. The molecule has 5 nitrogen and oxygen atoms in total. The number of carbonyl (C=O) groups excluding carboxylic acids is 1. The molecule has 5 heteroatoms. The molecule has 1 aromatic heterocycles. The number of hydrogen-bond donors (Lipinski definition) is 1. The van der Waals surface area contributed by atoms with Gasteiger partial charge in [-0.25, -0.2) is 0 Å². The summed E-state index contributed by atoms with van der Waals surface area (Å²) >= 11 is 0. The molecule has 0 radical (unpaired) electrons. The largest absolute Gasteiger partial charge is 0.497 e. The van der Waals surface area contributed by atoms with Crippen LogP contribution >= 0.6 is 0 Å². The van der Waals surface area contributed by atoms with Gasteiger partial charge in [-0.1, -0.05) is 18.2 Å². The van der Waals surface area contributed by atoms with Gasteiger partial charge < -0.3 is 15.0 Å². The number of likely N-dealkylation sites (tertiary alicyclic amines) is 1. The molecular weight excluding hydrogens is 302 g/mol. The van der Waals surface area contributed by atoms with Gasteiger partial charge >= 0.3 is 0 Å². The Kier molecular flexibility index (Phi) is 5.11. The third kappa shape index (κ3) is 3.92. The number of piperidine rings is 1. The van der Waals surface area contributed by atoms with E-state index >= 15 is 0 Å². The number of likely N-dealkylation sites (N-methyl/N-ethyl adjacent to an activating group) is 1. The van der Waals surface area contributed by atoms with E-state index in [0.717, 1.165) is 25.3 Å². The molecule has 24 heavy (non-hydrogen) atoms. The number of ether oxygens (including phenoxy) is 1. The Hall–Kier alpha value is -2.40. The van der Waals surface area contributed by atoms with Crippen LogP contribution in [0.5, 0.6) is 5.75 Å². The van der Waals surface area contributed by atoms with Gasteiger partial charge in [-0.3, -0.25) is 9.78 Å². The molecule has 0 aliphatic carbocycles. The van der Waals surface area contributed by atoms with Gasteiger partial charge in [-0.05, 0) is 49.2 Å². The van der Waals surface area contributed by atoms with E-state index in [2.05, 4.69) is 34.4 Å². The van der Waals surface area contributed by atoms with E-state index in [9.17, 15) is 4.79 Å². The summed E-state index contributed by atoms with van der Waals surface area (Å²) in [5.41, 5.74) is 1.74. The molecular formula is C19H23N3O2. The minimum atomic E-state index is -0.107. The van der Waals surface area contributed by atoms with E-state index in [4.69, 9.17) is 4.74 Å². The highest BCUT2D eigenvalue weighted by atomic mass is 16.5. The molecule has 2 unspecified atom stereocenters. The number of methoxy groups -OCH3 is 1. The number of hydrogen-bond acceptors (Lipinski definition) is 4. The number of nitrogens with one attached hydrogen (secondary N) is 1. The van der Waals surface area contributed by atoms with Crippen molar-refractivity contribution in [2.24, 2.45) is 0 Å². The Morgan fingerprint density at radius 3 is 2.67 bits per heavy atom. The standard InChI is InChI=1S/C19H23N3O2/c1-22-12-15(14-6-8-17(24-2)9-7-14)11-16(13-22)21-19(23)18-5-3-4-10-20-18/h3-10,15-16H,11-13H2,1-2H3,(H,21,23). The third-order valence-electron chi connectivity index (χ3n) is 4.45. The Morgan fingerprint density at radius 1 is 1.21 bits per heavy atom. The zero-order valence-corrected chi connectivity index (χ0v) is 14.1. The average Bonchev–Trinajstić information content (AvgIpc) is 2.62. The summed E-state index contributed by atoms with van der Waals surface area (Å²) in [5.74, 6) is 1.15. The number of carbonyl (C=O) groups is 1. The van der Waals surface area contributed by atoms with Gasteiger partial charge in [0.05, 0.1) is 7.11 Å². The Morgan fingerprint density at radius 2 is 2.00 bits per heavy atom. The van der Waals surface area contributed by atoms with E-state index in [1.807, 2.05) is 24.3 Å². The van der Waals surface area contributed by atoms with Gasteiger partial charge in [-0.2, -0.15) is 0 Å². The van der Waals surface area contributed by atoms with Gasteiger partial charge in [0, 0.05) is 25.3 Å². The molecule has 1 saturated heterocycles. The maximum Gasteiger partial charge on any atom is 0.270 e. The van der Waals surface area contributed by atoms with Crippen LogP contribution in [0.3, 0.4) is 0 Å².